The monoisotopic (exact) mass is 316 g/mol. The fourth-order valence-corrected chi connectivity index (χ4v) is 3.13. The van der Waals surface area contributed by atoms with Gasteiger partial charge in [-0.1, -0.05) is 12.1 Å². The van der Waals surface area contributed by atoms with Crippen LogP contribution in [-0.2, 0) is 0 Å². The summed E-state index contributed by atoms with van der Waals surface area (Å²) in [6.45, 7) is 0.659. The minimum absolute atomic E-state index is 0.0226. The van der Waals surface area contributed by atoms with Gasteiger partial charge in [0.05, 0.1) is 18.1 Å². The van der Waals surface area contributed by atoms with E-state index in [1.165, 1.54) is 12.1 Å². The predicted octanol–water partition coefficient (Wildman–Crippen LogP) is 4.08. The molecule has 3 rings (SSSR count). The molecule has 0 amide bonds. The van der Waals surface area contributed by atoms with Gasteiger partial charge in [-0.25, -0.2) is 4.39 Å². The Hall–Kier alpha value is -2.63. The summed E-state index contributed by atoms with van der Waals surface area (Å²) in [6, 6.07) is 11.2. The molecule has 5 nitrogen and oxygen atoms in total. The summed E-state index contributed by atoms with van der Waals surface area (Å²) in [5.41, 5.74) is 1.28. The summed E-state index contributed by atoms with van der Waals surface area (Å²) >= 11 is 0. The summed E-state index contributed by atoms with van der Waals surface area (Å²) in [7, 11) is 1.60. The maximum Gasteiger partial charge on any atom is 0.292 e. The fourth-order valence-electron chi connectivity index (χ4n) is 3.13. The fraction of sp³-hybridized carbons (Fsp3) is 0.294. The van der Waals surface area contributed by atoms with Crippen LogP contribution in [0.4, 0.5) is 15.8 Å². The smallest absolute Gasteiger partial charge is 0.292 e. The zero-order valence-electron chi connectivity index (χ0n) is 12.7. The largest absolute Gasteiger partial charge is 0.497 e. The SMILES string of the molecule is COc1cccc(C2CCCN2c2cc(F)ccc2[N+](=O)[O-])c1. The molecule has 0 saturated carbocycles. The molecule has 1 atom stereocenters. The van der Waals surface area contributed by atoms with Crippen LogP contribution in [-0.4, -0.2) is 18.6 Å². The van der Waals surface area contributed by atoms with Gasteiger partial charge < -0.3 is 9.64 Å². The second-order valence-electron chi connectivity index (χ2n) is 5.52. The normalized spacial score (nSPS) is 17.3. The molecule has 0 bridgehead atoms. The highest BCUT2D eigenvalue weighted by Gasteiger charge is 2.31. The van der Waals surface area contributed by atoms with Gasteiger partial charge in [0.15, 0.2) is 0 Å². The minimum Gasteiger partial charge on any atom is -0.497 e. The third-order valence-corrected chi connectivity index (χ3v) is 4.17. The number of hydrogen-bond acceptors (Lipinski definition) is 4. The lowest BCUT2D eigenvalue weighted by molar-refractivity contribution is -0.384. The lowest BCUT2D eigenvalue weighted by Gasteiger charge is -2.27. The van der Waals surface area contributed by atoms with Gasteiger partial charge in [-0.3, -0.25) is 10.1 Å². The number of methoxy groups -OCH3 is 1. The minimum atomic E-state index is -0.470. The van der Waals surface area contributed by atoms with Crippen LogP contribution < -0.4 is 9.64 Å². The third kappa shape index (κ3) is 2.97. The molecule has 0 aromatic heterocycles. The van der Waals surface area contributed by atoms with E-state index in [4.69, 9.17) is 4.74 Å². The van der Waals surface area contributed by atoms with Crippen molar-refractivity contribution >= 4 is 11.4 Å². The Balaban J connectivity index is 2.02. The van der Waals surface area contributed by atoms with Crippen molar-refractivity contribution in [3.05, 3.63) is 64.0 Å². The first kappa shape index (κ1) is 15.3. The molecule has 120 valence electrons. The summed E-state index contributed by atoms with van der Waals surface area (Å²) in [5.74, 6) is 0.269. The number of anilines is 1. The maximum atomic E-state index is 13.6. The van der Waals surface area contributed by atoms with Crippen LogP contribution in [0.25, 0.3) is 0 Å². The first-order chi connectivity index (χ1) is 11.1. The van der Waals surface area contributed by atoms with Gasteiger partial charge in [0, 0.05) is 18.7 Å². The van der Waals surface area contributed by atoms with Gasteiger partial charge >= 0.3 is 0 Å². The molecule has 6 heteroatoms. The number of nitro benzene ring substituents is 1. The van der Waals surface area contributed by atoms with E-state index in [-0.39, 0.29) is 11.7 Å². The predicted molar refractivity (Wildman–Crippen MR) is 85.4 cm³/mol. The third-order valence-electron chi connectivity index (χ3n) is 4.17. The van der Waals surface area contributed by atoms with E-state index < -0.39 is 10.7 Å². The highest BCUT2D eigenvalue weighted by molar-refractivity contribution is 5.65. The van der Waals surface area contributed by atoms with E-state index in [0.717, 1.165) is 30.2 Å². The van der Waals surface area contributed by atoms with Crippen molar-refractivity contribution < 1.29 is 14.1 Å². The van der Waals surface area contributed by atoms with E-state index in [1.807, 2.05) is 29.2 Å². The Labute approximate surface area is 133 Å². The molecule has 1 aliphatic rings. The molecule has 0 radical (unpaired) electrons. The topological polar surface area (TPSA) is 55.6 Å². The number of nitrogens with zero attached hydrogens (tertiary/aromatic N) is 2. The molecule has 1 saturated heterocycles. The number of ether oxygens (including phenoxy) is 1. The van der Waals surface area contributed by atoms with Crippen molar-refractivity contribution in [1.29, 1.82) is 0 Å². The van der Waals surface area contributed by atoms with Gasteiger partial charge in [0.25, 0.3) is 5.69 Å². The average Bonchev–Trinajstić information content (AvgIpc) is 3.04. The van der Waals surface area contributed by atoms with Crippen LogP contribution >= 0.6 is 0 Å². The first-order valence-electron chi connectivity index (χ1n) is 7.44. The second kappa shape index (κ2) is 6.24. The molecule has 2 aromatic rings. The highest BCUT2D eigenvalue weighted by atomic mass is 19.1. The quantitative estimate of drug-likeness (QED) is 0.630. The van der Waals surface area contributed by atoms with E-state index in [9.17, 15) is 14.5 Å². The van der Waals surface area contributed by atoms with Gasteiger partial charge in [-0.15, -0.1) is 0 Å². The number of hydrogen-bond donors (Lipinski definition) is 0. The number of nitro groups is 1. The van der Waals surface area contributed by atoms with E-state index >= 15 is 0 Å². The molecule has 0 N–H and O–H groups in total. The van der Waals surface area contributed by atoms with Crippen molar-refractivity contribution in [3.8, 4) is 5.75 Å². The van der Waals surface area contributed by atoms with Crippen molar-refractivity contribution in [3.63, 3.8) is 0 Å². The van der Waals surface area contributed by atoms with Crippen molar-refractivity contribution in [2.24, 2.45) is 0 Å². The standard InChI is InChI=1S/C17H17FN2O3/c1-23-14-5-2-4-12(10-14)15-6-3-9-19(15)17-11-13(18)7-8-16(17)20(21)22/h2,4-5,7-8,10-11,15H,3,6,9H2,1H3. The Morgan fingerprint density at radius 2 is 2.13 bits per heavy atom. The lowest BCUT2D eigenvalue weighted by Crippen LogP contribution is -2.23. The first-order valence-corrected chi connectivity index (χ1v) is 7.44. The highest BCUT2D eigenvalue weighted by Crippen LogP contribution is 2.41. The summed E-state index contributed by atoms with van der Waals surface area (Å²) < 4.78 is 18.9. The molecule has 0 aliphatic carbocycles. The van der Waals surface area contributed by atoms with Gasteiger partial charge in [-0.2, -0.15) is 0 Å². The molecule has 1 aliphatic heterocycles. The van der Waals surface area contributed by atoms with Gasteiger partial charge in [0.1, 0.15) is 17.3 Å². The second-order valence-corrected chi connectivity index (χ2v) is 5.52. The van der Waals surface area contributed by atoms with Crippen LogP contribution in [0.2, 0.25) is 0 Å². The maximum absolute atomic E-state index is 13.6. The summed E-state index contributed by atoms with van der Waals surface area (Å²) in [5, 5.41) is 11.3. The molecular formula is C17H17FN2O3. The molecule has 1 fully saturated rings. The Morgan fingerprint density at radius 3 is 2.87 bits per heavy atom. The molecule has 1 unspecified atom stereocenters. The molecule has 2 aromatic carbocycles. The van der Waals surface area contributed by atoms with Crippen LogP contribution in [0.3, 0.4) is 0 Å². The van der Waals surface area contributed by atoms with Gasteiger partial charge in [0.2, 0.25) is 0 Å². The van der Waals surface area contributed by atoms with Crippen molar-refractivity contribution in [2.45, 2.75) is 18.9 Å². The Bertz CT molecular complexity index is 736. The molecule has 1 heterocycles. The van der Waals surface area contributed by atoms with E-state index in [1.54, 1.807) is 7.11 Å². The Morgan fingerprint density at radius 1 is 1.30 bits per heavy atom. The van der Waals surface area contributed by atoms with Crippen molar-refractivity contribution in [2.75, 3.05) is 18.6 Å². The van der Waals surface area contributed by atoms with Crippen LogP contribution in [0.15, 0.2) is 42.5 Å². The number of halogens is 1. The molecule has 23 heavy (non-hydrogen) atoms. The van der Waals surface area contributed by atoms with Gasteiger partial charge in [-0.05, 0) is 36.6 Å². The van der Waals surface area contributed by atoms with Crippen molar-refractivity contribution in [1.82, 2.24) is 0 Å². The van der Waals surface area contributed by atoms with Crippen LogP contribution in [0, 0.1) is 15.9 Å². The van der Waals surface area contributed by atoms with E-state index in [2.05, 4.69) is 0 Å². The molecular weight excluding hydrogens is 299 g/mol. The van der Waals surface area contributed by atoms with Crippen LogP contribution in [0.1, 0.15) is 24.4 Å². The van der Waals surface area contributed by atoms with E-state index in [0.29, 0.717) is 12.2 Å². The number of benzene rings is 2. The summed E-state index contributed by atoms with van der Waals surface area (Å²) in [4.78, 5) is 12.7. The molecule has 0 spiro atoms. The Kier molecular flexibility index (Phi) is 4.14. The lowest BCUT2D eigenvalue weighted by atomic mass is 10.0. The van der Waals surface area contributed by atoms with Crippen LogP contribution in [0.5, 0.6) is 5.75 Å². The number of rotatable bonds is 4. The zero-order valence-corrected chi connectivity index (χ0v) is 12.7. The summed E-state index contributed by atoms with van der Waals surface area (Å²) in [6.07, 6.45) is 1.76. The average molecular weight is 316 g/mol. The zero-order chi connectivity index (χ0) is 16.4.